The molecule has 0 unspecified atom stereocenters. The van der Waals surface area contributed by atoms with Gasteiger partial charge in [0, 0.05) is 3.57 Å². The van der Waals surface area contributed by atoms with E-state index in [9.17, 15) is 8.42 Å². The molecule has 0 aliphatic rings. The summed E-state index contributed by atoms with van der Waals surface area (Å²) >= 11 is 2.23. The molecule has 118 valence electrons. The molecule has 0 aliphatic carbocycles. The highest BCUT2D eigenvalue weighted by Gasteiger charge is 2.19. The first-order valence-corrected chi connectivity index (χ1v) is 9.59. The van der Waals surface area contributed by atoms with E-state index in [0.29, 0.717) is 12.3 Å². The number of benzene rings is 2. The zero-order chi connectivity index (χ0) is 16.3. The predicted octanol–water partition coefficient (Wildman–Crippen LogP) is 3.24. The monoisotopic (exact) mass is 440 g/mol. The third-order valence-corrected chi connectivity index (χ3v) is 5.53. The van der Waals surface area contributed by atoms with Gasteiger partial charge >= 0.3 is 0 Å². The van der Waals surface area contributed by atoms with Crippen LogP contribution in [0.25, 0.3) is 0 Å². The first-order chi connectivity index (χ1) is 11.0. The van der Waals surface area contributed by atoms with Crippen molar-refractivity contribution in [1.29, 1.82) is 0 Å². The fourth-order valence-electron chi connectivity index (χ4n) is 2.07. The van der Waals surface area contributed by atoms with Gasteiger partial charge in [-0.05, 0) is 52.4 Å². The van der Waals surface area contributed by atoms with Crippen LogP contribution in [0.5, 0.6) is 0 Å². The van der Waals surface area contributed by atoms with Gasteiger partial charge in [0.05, 0.1) is 11.3 Å². The number of sulfone groups is 1. The summed E-state index contributed by atoms with van der Waals surface area (Å²) in [5.41, 5.74) is 1.03. The molecular weight excluding hydrogens is 427 g/mol. The molecule has 0 atom stereocenters. The third kappa shape index (κ3) is 4.17. The zero-order valence-corrected chi connectivity index (χ0v) is 15.0. The Balaban J connectivity index is 1.73. The van der Waals surface area contributed by atoms with Gasteiger partial charge in [-0.2, -0.15) is 0 Å². The van der Waals surface area contributed by atoms with Crippen LogP contribution in [0.4, 0.5) is 0 Å². The van der Waals surface area contributed by atoms with Gasteiger partial charge in [0.2, 0.25) is 11.8 Å². The smallest absolute Gasteiger partial charge is 0.231 e. The summed E-state index contributed by atoms with van der Waals surface area (Å²) in [5.74, 6) is 0.218. The number of aromatic nitrogens is 2. The van der Waals surface area contributed by atoms with Crippen molar-refractivity contribution in [2.75, 3.05) is 0 Å². The molecule has 0 bridgehead atoms. The molecule has 5 nitrogen and oxygen atoms in total. The number of nitrogens with zero attached hydrogens (tertiary/aromatic N) is 2. The van der Waals surface area contributed by atoms with Gasteiger partial charge in [0.1, 0.15) is 5.75 Å². The van der Waals surface area contributed by atoms with Crippen molar-refractivity contribution < 1.29 is 12.8 Å². The molecule has 2 aromatic carbocycles. The highest BCUT2D eigenvalue weighted by atomic mass is 127. The molecule has 23 heavy (non-hydrogen) atoms. The molecule has 1 heterocycles. The maximum absolute atomic E-state index is 12.3. The van der Waals surface area contributed by atoms with Crippen molar-refractivity contribution in [3.8, 4) is 0 Å². The van der Waals surface area contributed by atoms with Gasteiger partial charge in [-0.3, -0.25) is 0 Å². The van der Waals surface area contributed by atoms with E-state index < -0.39 is 9.84 Å². The van der Waals surface area contributed by atoms with Crippen LogP contribution in [0.2, 0.25) is 0 Å². The Labute approximate surface area is 147 Å². The normalized spacial score (nSPS) is 11.5. The minimum Gasteiger partial charge on any atom is -0.424 e. The number of halogens is 1. The molecule has 0 aliphatic heterocycles. The molecule has 7 heteroatoms. The van der Waals surface area contributed by atoms with E-state index >= 15 is 0 Å². The highest BCUT2D eigenvalue weighted by Crippen LogP contribution is 2.17. The molecule has 0 saturated heterocycles. The lowest BCUT2D eigenvalue weighted by atomic mass is 10.2. The summed E-state index contributed by atoms with van der Waals surface area (Å²) in [5, 5.41) is 7.77. The average Bonchev–Trinajstić information content (AvgIpc) is 2.97. The number of rotatable bonds is 5. The van der Waals surface area contributed by atoms with Gasteiger partial charge in [0.15, 0.2) is 9.84 Å². The maximum atomic E-state index is 12.3. The van der Waals surface area contributed by atoms with Crippen molar-refractivity contribution in [3.05, 3.63) is 75.5 Å². The third-order valence-electron chi connectivity index (χ3n) is 3.19. The average molecular weight is 440 g/mol. The molecule has 3 rings (SSSR count). The Morgan fingerprint density at radius 1 is 0.913 bits per heavy atom. The maximum Gasteiger partial charge on any atom is 0.231 e. The standard InChI is InChI=1S/C16H13IN2O3S/c17-13-8-6-12(7-9-13)10-15-18-19-16(22-15)11-23(20,21)14-4-2-1-3-5-14/h1-9H,10-11H2. The van der Waals surface area contributed by atoms with Crippen LogP contribution >= 0.6 is 22.6 Å². The van der Waals surface area contributed by atoms with Crippen molar-refractivity contribution in [2.45, 2.75) is 17.1 Å². The molecule has 0 saturated carbocycles. The zero-order valence-electron chi connectivity index (χ0n) is 12.0. The van der Waals surface area contributed by atoms with E-state index in [1.54, 1.807) is 30.3 Å². The first kappa shape index (κ1) is 16.1. The van der Waals surface area contributed by atoms with Crippen LogP contribution in [0, 0.1) is 3.57 Å². The summed E-state index contributed by atoms with van der Waals surface area (Å²) in [6.07, 6.45) is 0.481. The quantitative estimate of drug-likeness (QED) is 0.570. The fraction of sp³-hybridized carbons (Fsp3) is 0.125. The van der Waals surface area contributed by atoms with Gasteiger partial charge in [-0.15, -0.1) is 10.2 Å². The minimum atomic E-state index is -3.48. The second-order valence-electron chi connectivity index (χ2n) is 4.96. The van der Waals surface area contributed by atoms with E-state index in [1.165, 1.54) is 0 Å². The summed E-state index contributed by atoms with van der Waals surface area (Å²) in [7, 11) is -3.48. The molecule has 0 N–H and O–H groups in total. The summed E-state index contributed by atoms with van der Waals surface area (Å²) in [6.45, 7) is 0. The highest BCUT2D eigenvalue weighted by molar-refractivity contribution is 14.1. The van der Waals surface area contributed by atoms with Gasteiger partial charge in [-0.25, -0.2) is 8.42 Å². The van der Waals surface area contributed by atoms with Crippen LogP contribution in [0.3, 0.4) is 0 Å². The van der Waals surface area contributed by atoms with Crippen molar-refractivity contribution in [2.24, 2.45) is 0 Å². The Bertz CT molecular complexity index is 891. The molecule has 0 spiro atoms. The molecule has 0 radical (unpaired) electrons. The lowest BCUT2D eigenvalue weighted by Crippen LogP contribution is -2.05. The Hall–Kier alpha value is -1.74. The minimum absolute atomic E-state index is 0.106. The van der Waals surface area contributed by atoms with E-state index in [0.717, 1.165) is 9.13 Å². The lowest BCUT2D eigenvalue weighted by molar-refractivity contribution is 0.469. The lowest BCUT2D eigenvalue weighted by Gasteiger charge is -2.00. The summed E-state index contributed by atoms with van der Waals surface area (Å²) < 4.78 is 31.2. The van der Waals surface area contributed by atoms with Crippen LogP contribution in [-0.4, -0.2) is 18.6 Å². The van der Waals surface area contributed by atoms with E-state index in [4.69, 9.17) is 4.42 Å². The van der Waals surface area contributed by atoms with Crippen molar-refractivity contribution in [1.82, 2.24) is 10.2 Å². The molecule has 3 aromatic rings. The van der Waals surface area contributed by atoms with E-state index in [-0.39, 0.29) is 16.5 Å². The largest absolute Gasteiger partial charge is 0.424 e. The Kier molecular flexibility index (Phi) is 4.76. The van der Waals surface area contributed by atoms with Crippen LogP contribution in [-0.2, 0) is 22.0 Å². The topological polar surface area (TPSA) is 73.1 Å². The second-order valence-corrected chi connectivity index (χ2v) is 8.20. The summed E-state index contributed by atoms with van der Waals surface area (Å²) in [6, 6.07) is 16.2. The van der Waals surface area contributed by atoms with Crippen LogP contribution < -0.4 is 0 Å². The Morgan fingerprint density at radius 3 is 2.26 bits per heavy atom. The van der Waals surface area contributed by atoms with Gasteiger partial charge in [0.25, 0.3) is 0 Å². The van der Waals surface area contributed by atoms with Crippen molar-refractivity contribution in [3.63, 3.8) is 0 Å². The summed E-state index contributed by atoms with van der Waals surface area (Å²) in [4.78, 5) is 0.248. The fourth-order valence-corrected chi connectivity index (χ4v) is 3.61. The molecular formula is C16H13IN2O3S. The SMILES string of the molecule is O=S(=O)(Cc1nnc(Cc2ccc(I)cc2)o1)c1ccccc1. The Morgan fingerprint density at radius 2 is 1.57 bits per heavy atom. The molecule has 0 amide bonds. The number of hydrogen-bond donors (Lipinski definition) is 0. The predicted molar refractivity (Wildman–Crippen MR) is 93.6 cm³/mol. The first-order valence-electron chi connectivity index (χ1n) is 6.86. The van der Waals surface area contributed by atoms with Gasteiger partial charge in [-0.1, -0.05) is 30.3 Å². The van der Waals surface area contributed by atoms with Crippen LogP contribution in [0.1, 0.15) is 17.3 Å². The van der Waals surface area contributed by atoms with Gasteiger partial charge < -0.3 is 4.42 Å². The van der Waals surface area contributed by atoms with Crippen molar-refractivity contribution >= 4 is 32.4 Å². The van der Waals surface area contributed by atoms with E-state index in [1.807, 2.05) is 24.3 Å². The number of hydrogen-bond acceptors (Lipinski definition) is 5. The van der Waals surface area contributed by atoms with E-state index in [2.05, 4.69) is 32.8 Å². The second kappa shape index (κ2) is 6.79. The molecule has 1 aromatic heterocycles. The van der Waals surface area contributed by atoms with Crippen LogP contribution in [0.15, 0.2) is 63.9 Å². The molecule has 0 fully saturated rings.